The highest BCUT2D eigenvalue weighted by Crippen LogP contribution is 2.41. The number of para-hydroxylation sites is 1. The summed E-state index contributed by atoms with van der Waals surface area (Å²) >= 11 is 1.23. The van der Waals surface area contributed by atoms with Crippen LogP contribution in [-0.4, -0.2) is 22.7 Å². The number of fused-ring (bicyclic) bond motifs is 2. The molecule has 1 aliphatic heterocycles. The maximum absolute atomic E-state index is 13.4. The third-order valence-electron chi connectivity index (χ3n) is 5.00. The highest BCUT2D eigenvalue weighted by atomic mass is 32.1. The molecule has 1 aliphatic rings. The molecule has 0 saturated carbocycles. The lowest BCUT2D eigenvalue weighted by atomic mass is 9.98. The van der Waals surface area contributed by atoms with E-state index >= 15 is 0 Å². The second-order valence-electron chi connectivity index (χ2n) is 6.89. The van der Waals surface area contributed by atoms with Gasteiger partial charge in [-0.05, 0) is 36.2 Å². The molecule has 0 unspecified atom stereocenters. The average Bonchev–Trinajstić information content (AvgIpc) is 3.40. The fraction of sp³-hybridized carbons (Fsp3) is 0.182. The molecule has 2 aromatic carbocycles. The molecule has 0 radical (unpaired) electrons. The molecule has 1 atom stereocenters. The van der Waals surface area contributed by atoms with Gasteiger partial charge in [-0.2, -0.15) is 0 Å². The Balaban J connectivity index is 1.70. The van der Waals surface area contributed by atoms with Crippen molar-refractivity contribution < 1.29 is 13.9 Å². The van der Waals surface area contributed by atoms with Crippen LogP contribution in [0, 0.1) is 0 Å². The van der Waals surface area contributed by atoms with Gasteiger partial charge in [0.25, 0.3) is 5.91 Å². The molecule has 0 spiro atoms. The van der Waals surface area contributed by atoms with Crippen LogP contribution in [-0.2, 0) is 0 Å². The summed E-state index contributed by atoms with van der Waals surface area (Å²) in [5.41, 5.74) is 2.80. The molecule has 1 amide bonds. The van der Waals surface area contributed by atoms with E-state index in [0.29, 0.717) is 28.3 Å². The van der Waals surface area contributed by atoms with Crippen molar-refractivity contribution in [1.82, 2.24) is 10.2 Å². The van der Waals surface area contributed by atoms with Gasteiger partial charge in [0, 0.05) is 0 Å². The van der Waals surface area contributed by atoms with E-state index in [-0.39, 0.29) is 11.2 Å². The number of carbonyl (C=O) groups excluding carboxylic acids is 1. The van der Waals surface area contributed by atoms with E-state index < -0.39 is 11.9 Å². The summed E-state index contributed by atoms with van der Waals surface area (Å²) in [5, 5.41) is 8.78. The fourth-order valence-corrected chi connectivity index (χ4v) is 4.26. The van der Waals surface area contributed by atoms with Crippen molar-refractivity contribution in [3.63, 3.8) is 0 Å². The lowest BCUT2D eigenvalue weighted by Gasteiger charge is -2.22. The number of aromatic nitrogens is 2. The first-order chi connectivity index (χ1) is 14.7. The number of rotatable bonds is 5. The minimum Gasteiger partial charge on any atom is -0.494 e. The molecule has 0 saturated heterocycles. The third kappa shape index (κ3) is 2.88. The Labute approximate surface area is 175 Å². The number of anilines is 1. The summed E-state index contributed by atoms with van der Waals surface area (Å²) < 4.78 is 11.6. The van der Waals surface area contributed by atoms with Gasteiger partial charge in [0.05, 0.1) is 23.6 Å². The zero-order chi connectivity index (χ0) is 20.7. The molecule has 0 aliphatic carbocycles. The normalized spacial score (nSPS) is 15.6. The molecule has 150 valence electrons. The van der Waals surface area contributed by atoms with E-state index in [1.54, 1.807) is 29.8 Å². The van der Waals surface area contributed by atoms with Crippen LogP contribution in [0.1, 0.15) is 41.1 Å². The number of hydrogen-bond acceptors (Lipinski definition) is 7. The Bertz CT molecular complexity index is 1280. The van der Waals surface area contributed by atoms with Crippen molar-refractivity contribution in [1.29, 1.82) is 0 Å². The zero-order valence-corrected chi connectivity index (χ0v) is 16.9. The zero-order valence-electron chi connectivity index (χ0n) is 16.1. The molecule has 0 N–H and O–H groups in total. The van der Waals surface area contributed by atoms with Gasteiger partial charge < -0.3 is 9.15 Å². The quantitative estimate of drug-likeness (QED) is 0.482. The SMILES string of the molecule is CCCOc1ccc([C@H]2c3c(oc4ccccc4c3=O)C(=O)N2c2nncs2)cc1. The first kappa shape index (κ1) is 18.5. The predicted octanol–water partition coefficient (Wildman–Crippen LogP) is 4.18. The number of carbonyl (C=O) groups is 1. The van der Waals surface area contributed by atoms with Gasteiger partial charge in [-0.25, -0.2) is 0 Å². The van der Waals surface area contributed by atoms with E-state index in [2.05, 4.69) is 10.2 Å². The standard InChI is InChI=1S/C22H17N3O4S/c1-2-11-28-14-9-7-13(8-10-14)18-17-19(26)15-5-3-4-6-16(15)29-20(17)21(27)25(18)22-24-23-12-30-22/h3-10,12,18H,2,11H2,1H3/t18-/m0/s1. The molecule has 0 bridgehead atoms. The van der Waals surface area contributed by atoms with Crippen LogP contribution in [0.4, 0.5) is 5.13 Å². The maximum Gasteiger partial charge on any atom is 0.297 e. The van der Waals surface area contributed by atoms with Crippen molar-refractivity contribution in [2.75, 3.05) is 11.5 Å². The Kier molecular flexibility index (Phi) is 4.55. The Morgan fingerprint density at radius 2 is 1.93 bits per heavy atom. The number of ether oxygens (including phenoxy) is 1. The third-order valence-corrected chi connectivity index (χ3v) is 5.69. The molecular weight excluding hydrogens is 402 g/mol. The van der Waals surface area contributed by atoms with E-state index in [4.69, 9.17) is 9.15 Å². The van der Waals surface area contributed by atoms with Crippen LogP contribution in [0.15, 0.2) is 63.3 Å². The second kappa shape index (κ2) is 7.38. The lowest BCUT2D eigenvalue weighted by Crippen LogP contribution is -2.29. The van der Waals surface area contributed by atoms with Gasteiger partial charge in [0.15, 0.2) is 5.43 Å². The minimum absolute atomic E-state index is 0.0465. The van der Waals surface area contributed by atoms with Crippen LogP contribution < -0.4 is 15.1 Å². The van der Waals surface area contributed by atoms with Crippen molar-refractivity contribution in [2.45, 2.75) is 19.4 Å². The molecule has 5 rings (SSSR count). The van der Waals surface area contributed by atoms with Crippen LogP contribution in [0.5, 0.6) is 5.75 Å². The van der Waals surface area contributed by atoms with Crippen LogP contribution in [0.2, 0.25) is 0 Å². The Morgan fingerprint density at radius 3 is 2.67 bits per heavy atom. The van der Waals surface area contributed by atoms with E-state index in [9.17, 15) is 9.59 Å². The van der Waals surface area contributed by atoms with Gasteiger partial charge in [-0.3, -0.25) is 14.5 Å². The second-order valence-corrected chi connectivity index (χ2v) is 7.70. The molecule has 8 heteroatoms. The van der Waals surface area contributed by atoms with Gasteiger partial charge in [-0.15, -0.1) is 10.2 Å². The molecule has 30 heavy (non-hydrogen) atoms. The van der Waals surface area contributed by atoms with Gasteiger partial charge in [-0.1, -0.05) is 42.5 Å². The Morgan fingerprint density at radius 1 is 1.13 bits per heavy atom. The molecule has 4 aromatic rings. The average molecular weight is 419 g/mol. The summed E-state index contributed by atoms with van der Waals surface area (Å²) in [7, 11) is 0. The van der Waals surface area contributed by atoms with Crippen molar-refractivity contribution >= 4 is 33.3 Å². The summed E-state index contributed by atoms with van der Waals surface area (Å²) in [6.45, 7) is 2.66. The lowest BCUT2D eigenvalue weighted by molar-refractivity contribution is 0.0970. The van der Waals surface area contributed by atoms with E-state index in [0.717, 1.165) is 17.7 Å². The fourth-order valence-electron chi connectivity index (χ4n) is 3.67. The number of amides is 1. The number of hydrogen-bond donors (Lipinski definition) is 0. The summed E-state index contributed by atoms with van der Waals surface area (Å²) in [5.74, 6) is 0.379. The van der Waals surface area contributed by atoms with Crippen LogP contribution in [0.3, 0.4) is 0 Å². The summed E-state index contributed by atoms with van der Waals surface area (Å²) in [6.07, 6.45) is 0.908. The van der Waals surface area contributed by atoms with Crippen molar-refractivity contribution in [3.05, 3.63) is 81.2 Å². The largest absolute Gasteiger partial charge is 0.494 e. The molecule has 0 fully saturated rings. The Hall–Kier alpha value is -3.52. The smallest absolute Gasteiger partial charge is 0.297 e. The van der Waals surface area contributed by atoms with Crippen LogP contribution in [0.25, 0.3) is 11.0 Å². The first-order valence-electron chi connectivity index (χ1n) is 9.57. The monoisotopic (exact) mass is 419 g/mol. The van der Waals surface area contributed by atoms with E-state index in [1.807, 2.05) is 31.2 Å². The van der Waals surface area contributed by atoms with Gasteiger partial charge >= 0.3 is 0 Å². The van der Waals surface area contributed by atoms with Crippen molar-refractivity contribution in [3.8, 4) is 5.75 Å². The summed E-state index contributed by atoms with van der Waals surface area (Å²) in [6, 6.07) is 13.7. The predicted molar refractivity (Wildman–Crippen MR) is 113 cm³/mol. The minimum atomic E-state index is -0.651. The molecule has 3 heterocycles. The number of nitrogens with zero attached hydrogens (tertiary/aromatic N) is 3. The van der Waals surface area contributed by atoms with Gasteiger partial charge in [0.1, 0.15) is 16.8 Å². The molecule has 2 aromatic heterocycles. The maximum atomic E-state index is 13.4. The highest BCUT2D eigenvalue weighted by molar-refractivity contribution is 7.13. The summed E-state index contributed by atoms with van der Waals surface area (Å²) in [4.78, 5) is 28.1. The molecular formula is C22H17N3O4S. The number of benzene rings is 2. The molecule has 7 nitrogen and oxygen atoms in total. The first-order valence-corrected chi connectivity index (χ1v) is 10.4. The van der Waals surface area contributed by atoms with Crippen LogP contribution >= 0.6 is 11.3 Å². The highest BCUT2D eigenvalue weighted by Gasteiger charge is 2.44. The van der Waals surface area contributed by atoms with Crippen molar-refractivity contribution in [2.24, 2.45) is 0 Å². The van der Waals surface area contributed by atoms with E-state index in [1.165, 1.54) is 16.2 Å². The van der Waals surface area contributed by atoms with Gasteiger partial charge in [0.2, 0.25) is 10.9 Å². The topological polar surface area (TPSA) is 85.5 Å².